The Morgan fingerprint density at radius 1 is 1.17 bits per heavy atom. The van der Waals surface area contributed by atoms with E-state index in [-0.39, 0.29) is 35.0 Å². The third-order valence-corrected chi connectivity index (χ3v) is 5.02. The number of esters is 1. The lowest BCUT2D eigenvalue weighted by molar-refractivity contribution is -0.122. The molecule has 0 saturated carbocycles. The number of anilines is 1. The molecule has 2 amide bonds. The normalized spacial score (nSPS) is 12.2. The number of halogens is 1. The fourth-order valence-electron chi connectivity index (χ4n) is 1.81. The van der Waals surface area contributed by atoms with Gasteiger partial charge in [-0.05, 0) is 29.7 Å². The zero-order valence-electron chi connectivity index (χ0n) is 14.3. The Hall–Kier alpha value is -1.89. The van der Waals surface area contributed by atoms with Gasteiger partial charge in [0.2, 0.25) is 11.8 Å². The van der Waals surface area contributed by atoms with Crippen molar-refractivity contribution in [1.82, 2.24) is 5.32 Å². The van der Waals surface area contributed by atoms with Crippen LogP contribution in [0.5, 0.6) is 0 Å². The molecule has 2 N–H and O–H groups in total. The molecule has 0 radical (unpaired) electrons. The predicted molar refractivity (Wildman–Crippen MR) is 96.2 cm³/mol. The van der Waals surface area contributed by atoms with Crippen LogP contribution in [-0.4, -0.2) is 36.3 Å². The van der Waals surface area contributed by atoms with Crippen LogP contribution in [0.25, 0.3) is 0 Å². The number of benzene rings is 1. The molecule has 0 fully saturated rings. The molecule has 1 aromatic carbocycles. The molecule has 0 aliphatic rings. The molecule has 24 heavy (non-hydrogen) atoms. The zero-order chi connectivity index (χ0) is 18.3. The van der Waals surface area contributed by atoms with Crippen LogP contribution in [0.1, 0.15) is 37.6 Å². The number of carbonyl (C=O) groups is 3. The van der Waals surface area contributed by atoms with E-state index in [9.17, 15) is 14.4 Å². The summed E-state index contributed by atoms with van der Waals surface area (Å²) in [7, 11) is 1.31. The Balaban J connectivity index is 2.42. The third kappa shape index (κ3) is 6.31. The Bertz CT molecular complexity index is 594. The molecule has 1 aromatic rings. The molecule has 0 spiro atoms. The summed E-state index contributed by atoms with van der Waals surface area (Å²) in [6, 6.07) is 6.39. The van der Waals surface area contributed by atoms with E-state index in [1.54, 1.807) is 24.3 Å². The Morgan fingerprint density at radius 3 is 2.25 bits per heavy atom. The van der Waals surface area contributed by atoms with Gasteiger partial charge in [-0.3, -0.25) is 9.59 Å². The SMILES string of the molecule is COC(=O)c1ccc(NC(=O)CCNC(=O)[C@@H](Br)C(C)(C)C)cc1. The Labute approximate surface area is 150 Å². The first kappa shape index (κ1) is 20.2. The molecule has 0 saturated heterocycles. The average Bonchev–Trinajstić information content (AvgIpc) is 2.53. The third-order valence-electron chi connectivity index (χ3n) is 3.23. The van der Waals surface area contributed by atoms with E-state index in [4.69, 9.17) is 0 Å². The van der Waals surface area contributed by atoms with E-state index >= 15 is 0 Å². The van der Waals surface area contributed by atoms with Crippen LogP contribution in [0, 0.1) is 5.41 Å². The van der Waals surface area contributed by atoms with Gasteiger partial charge in [0.05, 0.1) is 17.5 Å². The first-order chi connectivity index (χ1) is 11.1. The molecule has 6 nitrogen and oxygen atoms in total. The largest absolute Gasteiger partial charge is 0.465 e. The molecule has 1 atom stereocenters. The van der Waals surface area contributed by atoms with E-state index in [2.05, 4.69) is 31.3 Å². The number of hydrogen-bond donors (Lipinski definition) is 2. The fraction of sp³-hybridized carbons (Fsp3) is 0.471. The van der Waals surface area contributed by atoms with Crippen LogP contribution in [0.3, 0.4) is 0 Å². The second-order valence-electron chi connectivity index (χ2n) is 6.39. The minimum absolute atomic E-state index is 0.141. The second-order valence-corrected chi connectivity index (χ2v) is 7.30. The molecule has 0 heterocycles. The topological polar surface area (TPSA) is 84.5 Å². The van der Waals surface area contributed by atoms with Gasteiger partial charge in [-0.2, -0.15) is 0 Å². The van der Waals surface area contributed by atoms with Crippen molar-refractivity contribution in [2.75, 3.05) is 19.0 Å². The zero-order valence-corrected chi connectivity index (χ0v) is 15.9. The van der Waals surface area contributed by atoms with Crippen LogP contribution in [0.4, 0.5) is 5.69 Å². The first-order valence-electron chi connectivity index (χ1n) is 7.55. The van der Waals surface area contributed by atoms with Gasteiger partial charge in [-0.1, -0.05) is 36.7 Å². The van der Waals surface area contributed by atoms with Crippen molar-refractivity contribution in [1.29, 1.82) is 0 Å². The number of amides is 2. The standard InChI is InChI=1S/C17H23BrN2O4/c1-17(2,3)14(18)15(22)19-10-9-13(21)20-12-7-5-11(6-8-12)16(23)24-4/h5-8,14H,9-10H2,1-4H3,(H,19,22)(H,20,21)/t14-/m1/s1. The number of rotatable bonds is 6. The molecule has 0 aliphatic carbocycles. The summed E-state index contributed by atoms with van der Waals surface area (Å²) in [6.45, 7) is 6.12. The minimum atomic E-state index is -0.432. The second kappa shape index (κ2) is 8.82. The van der Waals surface area contributed by atoms with E-state index in [0.717, 1.165) is 0 Å². The smallest absolute Gasteiger partial charge is 0.337 e. The van der Waals surface area contributed by atoms with Crippen molar-refractivity contribution >= 4 is 39.4 Å². The van der Waals surface area contributed by atoms with Gasteiger partial charge in [-0.25, -0.2) is 4.79 Å². The monoisotopic (exact) mass is 398 g/mol. The van der Waals surface area contributed by atoms with Gasteiger partial charge >= 0.3 is 5.97 Å². The highest BCUT2D eigenvalue weighted by molar-refractivity contribution is 9.10. The number of nitrogens with one attached hydrogen (secondary N) is 2. The lowest BCUT2D eigenvalue weighted by atomic mass is 9.92. The van der Waals surface area contributed by atoms with Crippen LogP contribution < -0.4 is 10.6 Å². The average molecular weight is 399 g/mol. The van der Waals surface area contributed by atoms with E-state index in [1.807, 2.05) is 20.8 Å². The minimum Gasteiger partial charge on any atom is -0.465 e. The van der Waals surface area contributed by atoms with Gasteiger partial charge in [0.1, 0.15) is 0 Å². The summed E-state index contributed by atoms with van der Waals surface area (Å²) in [6.07, 6.45) is 0.161. The predicted octanol–water partition coefficient (Wildman–Crippen LogP) is 2.73. The molecule has 132 valence electrons. The maximum Gasteiger partial charge on any atom is 0.337 e. The molecule has 0 aromatic heterocycles. The maximum absolute atomic E-state index is 11.9. The van der Waals surface area contributed by atoms with Crippen molar-refractivity contribution in [2.45, 2.75) is 32.0 Å². The van der Waals surface area contributed by atoms with Gasteiger partial charge < -0.3 is 15.4 Å². The number of ether oxygens (including phenoxy) is 1. The fourth-order valence-corrected chi connectivity index (χ4v) is 1.97. The van der Waals surface area contributed by atoms with Gasteiger partial charge in [0.15, 0.2) is 0 Å². The molecular formula is C17H23BrN2O4. The Kier molecular flexibility index (Phi) is 7.41. The summed E-state index contributed by atoms with van der Waals surface area (Å²) in [5, 5.41) is 5.43. The summed E-state index contributed by atoms with van der Waals surface area (Å²) in [5.74, 6) is -0.792. The maximum atomic E-state index is 11.9. The molecule has 0 bridgehead atoms. The first-order valence-corrected chi connectivity index (χ1v) is 8.46. The molecular weight excluding hydrogens is 376 g/mol. The number of alkyl halides is 1. The molecule has 1 rings (SSSR count). The quantitative estimate of drug-likeness (QED) is 0.569. The molecule has 0 aliphatic heterocycles. The van der Waals surface area contributed by atoms with E-state index in [1.165, 1.54) is 7.11 Å². The summed E-state index contributed by atoms with van der Waals surface area (Å²) in [4.78, 5) is 34.8. The van der Waals surface area contributed by atoms with Crippen molar-refractivity contribution < 1.29 is 19.1 Å². The highest BCUT2D eigenvalue weighted by Crippen LogP contribution is 2.25. The van der Waals surface area contributed by atoms with Gasteiger partial charge in [-0.15, -0.1) is 0 Å². The number of hydrogen-bond acceptors (Lipinski definition) is 4. The van der Waals surface area contributed by atoms with Crippen molar-refractivity contribution in [3.8, 4) is 0 Å². The van der Waals surface area contributed by atoms with E-state index in [0.29, 0.717) is 11.3 Å². The summed E-state index contributed by atoms with van der Waals surface area (Å²) >= 11 is 3.36. The lowest BCUT2D eigenvalue weighted by Gasteiger charge is -2.24. The highest BCUT2D eigenvalue weighted by Gasteiger charge is 2.28. The molecule has 0 unspecified atom stereocenters. The Morgan fingerprint density at radius 2 is 1.75 bits per heavy atom. The lowest BCUT2D eigenvalue weighted by Crippen LogP contribution is -2.39. The van der Waals surface area contributed by atoms with Crippen LogP contribution in [-0.2, 0) is 14.3 Å². The highest BCUT2D eigenvalue weighted by atomic mass is 79.9. The van der Waals surface area contributed by atoms with Crippen molar-refractivity contribution in [2.24, 2.45) is 5.41 Å². The molecule has 7 heteroatoms. The van der Waals surface area contributed by atoms with E-state index < -0.39 is 5.97 Å². The summed E-state index contributed by atoms with van der Waals surface area (Å²) in [5.41, 5.74) is 0.786. The number of carbonyl (C=O) groups excluding carboxylic acids is 3. The van der Waals surface area contributed by atoms with Crippen molar-refractivity contribution in [3.63, 3.8) is 0 Å². The van der Waals surface area contributed by atoms with Crippen LogP contribution in [0.15, 0.2) is 24.3 Å². The van der Waals surface area contributed by atoms with Crippen LogP contribution in [0.2, 0.25) is 0 Å². The van der Waals surface area contributed by atoms with Crippen molar-refractivity contribution in [3.05, 3.63) is 29.8 Å². The number of methoxy groups -OCH3 is 1. The van der Waals surface area contributed by atoms with Gasteiger partial charge in [0.25, 0.3) is 0 Å². The van der Waals surface area contributed by atoms with Gasteiger partial charge in [0, 0.05) is 18.7 Å². The summed E-state index contributed by atoms with van der Waals surface area (Å²) < 4.78 is 4.61. The van der Waals surface area contributed by atoms with Crippen LogP contribution >= 0.6 is 15.9 Å².